The van der Waals surface area contributed by atoms with E-state index >= 15 is 0 Å². The third-order valence-electron chi connectivity index (χ3n) is 1.68. The highest BCUT2D eigenvalue weighted by atomic mass is 127. The second-order valence-electron chi connectivity index (χ2n) is 2.49. The summed E-state index contributed by atoms with van der Waals surface area (Å²) >= 11 is -0.0515. The Bertz CT molecular complexity index is 339. The van der Waals surface area contributed by atoms with Crippen LogP contribution in [0.2, 0.25) is 0 Å². The molecule has 1 heterocycles. The minimum Gasteiger partial charge on any atom is -0.222 e. The van der Waals surface area contributed by atoms with Crippen molar-refractivity contribution in [3.63, 3.8) is 0 Å². The van der Waals surface area contributed by atoms with Gasteiger partial charge < -0.3 is 0 Å². The smallest absolute Gasteiger partial charge is 0.0766 e. The summed E-state index contributed by atoms with van der Waals surface area (Å²) in [7, 11) is 0. The van der Waals surface area contributed by atoms with E-state index in [9.17, 15) is 0 Å². The zero-order chi connectivity index (χ0) is 7.68. The summed E-state index contributed by atoms with van der Waals surface area (Å²) in [6.07, 6.45) is 0. The first-order valence-corrected chi connectivity index (χ1v) is 5.69. The van der Waals surface area contributed by atoms with Crippen LogP contribution in [0.1, 0.15) is 12.5 Å². The number of benzene rings is 1. The molecule has 1 aromatic rings. The van der Waals surface area contributed by atoms with Crippen LogP contribution >= 0.6 is 21.0 Å². The fourth-order valence-corrected chi connectivity index (χ4v) is 2.70. The molecule has 0 spiro atoms. The van der Waals surface area contributed by atoms with Gasteiger partial charge in [0.25, 0.3) is 0 Å². The molecule has 1 aromatic carbocycles. The molecule has 0 radical (unpaired) electrons. The van der Waals surface area contributed by atoms with Gasteiger partial charge in [-0.2, -0.15) is 0 Å². The van der Waals surface area contributed by atoms with E-state index in [4.69, 9.17) is 0 Å². The SMILES string of the molecule is CC1=CI=Nc2ccccc21. The topological polar surface area (TPSA) is 12.4 Å². The molecule has 56 valence electrons. The Morgan fingerprint density at radius 3 is 2.91 bits per heavy atom. The van der Waals surface area contributed by atoms with Crippen LogP contribution in [-0.2, 0) is 0 Å². The van der Waals surface area contributed by atoms with Crippen LogP contribution < -0.4 is 0 Å². The minimum atomic E-state index is -0.0515. The Morgan fingerprint density at radius 1 is 1.27 bits per heavy atom. The third kappa shape index (κ3) is 1.27. The average molecular weight is 257 g/mol. The molecule has 1 aliphatic heterocycles. The van der Waals surface area contributed by atoms with Crippen molar-refractivity contribution in [2.45, 2.75) is 6.92 Å². The number of nitrogens with zero attached hydrogens (tertiary/aromatic N) is 1. The number of hydrogen-bond donors (Lipinski definition) is 0. The largest absolute Gasteiger partial charge is 0.222 e. The molecule has 0 bridgehead atoms. The lowest BCUT2D eigenvalue weighted by molar-refractivity contribution is 1.51. The molecule has 0 atom stereocenters. The van der Waals surface area contributed by atoms with Crippen LogP contribution in [0.4, 0.5) is 5.69 Å². The number of rotatable bonds is 0. The highest BCUT2D eigenvalue weighted by Gasteiger charge is 2.03. The highest BCUT2D eigenvalue weighted by molar-refractivity contribution is 14.2. The maximum atomic E-state index is 4.48. The van der Waals surface area contributed by atoms with Crippen LogP contribution in [0.3, 0.4) is 0 Å². The number of halogens is 1. The molecule has 2 heteroatoms. The first-order valence-electron chi connectivity index (χ1n) is 3.48. The van der Waals surface area contributed by atoms with Gasteiger partial charge in [0.15, 0.2) is 0 Å². The maximum Gasteiger partial charge on any atom is 0.0766 e. The van der Waals surface area contributed by atoms with E-state index in [0.717, 1.165) is 0 Å². The Labute approximate surface area is 76.3 Å². The van der Waals surface area contributed by atoms with Crippen molar-refractivity contribution in [2.75, 3.05) is 0 Å². The van der Waals surface area contributed by atoms with Crippen molar-refractivity contribution in [1.29, 1.82) is 0 Å². The van der Waals surface area contributed by atoms with Crippen LogP contribution in [0.5, 0.6) is 0 Å². The molecule has 0 amide bonds. The monoisotopic (exact) mass is 257 g/mol. The van der Waals surface area contributed by atoms with Gasteiger partial charge in [0.1, 0.15) is 0 Å². The van der Waals surface area contributed by atoms with Gasteiger partial charge in [-0.05, 0) is 22.6 Å². The summed E-state index contributed by atoms with van der Waals surface area (Å²) < 4.78 is 6.74. The summed E-state index contributed by atoms with van der Waals surface area (Å²) in [5.74, 6) is 0. The summed E-state index contributed by atoms with van der Waals surface area (Å²) in [5, 5.41) is 0. The predicted molar refractivity (Wildman–Crippen MR) is 56.2 cm³/mol. The third-order valence-corrected chi connectivity index (χ3v) is 3.69. The van der Waals surface area contributed by atoms with E-state index in [1.54, 1.807) is 0 Å². The second kappa shape index (κ2) is 2.85. The Kier molecular flexibility index (Phi) is 1.85. The molecule has 0 fully saturated rings. The molecule has 0 N–H and O–H groups in total. The van der Waals surface area contributed by atoms with Crippen LogP contribution in [0.25, 0.3) is 5.57 Å². The quantitative estimate of drug-likeness (QED) is 0.626. The van der Waals surface area contributed by atoms with E-state index in [2.05, 4.69) is 32.4 Å². The Morgan fingerprint density at radius 2 is 2.09 bits per heavy atom. The van der Waals surface area contributed by atoms with Crippen molar-refractivity contribution in [2.24, 2.45) is 3.15 Å². The lowest BCUT2D eigenvalue weighted by atomic mass is 10.1. The highest BCUT2D eigenvalue weighted by Crippen LogP contribution is 2.34. The first-order chi connectivity index (χ1) is 5.38. The van der Waals surface area contributed by atoms with Crippen molar-refractivity contribution in [3.8, 4) is 0 Å². The molecule has 0 saturated carbocycles. The van der Waals surface area contributed by atoms with Crippen molar-refractivity contribution >= 4 is 32.3 Å². The van der Waals surface area contributed by atoms with E-state index in [1.165, 1.54) is 16.8 Å². The van der Waals surface area contributed by atoms with Gasteiger partial charge in [0.05, 0.1) is 5.69 Å². The maximum absolute atomic E-state index is 4.48. The molecule has 0 unspecified atom stereocenters. The predicted octanol–water partition coefficient (Wildman–Crippen LogP) is 3.85. The fraction of sp³-hybridized carbons (Fsp3) is 0.111. The van der Waals surface area contributed by atoms with Crippen LogP contribution in [0, 0.1) is 0 Å². The van der Waals surface area contributed by atoms with Crippen LogP contribution in [0.15, 0.2) is 31.5 Å². The second-order valence-corrected chi connectivity index (χ2v) is 4.15. The molecular formula is C9H8IN. The summed E-state index contributed by atoms with van der Waals surface area (Å²) in [4.78, 5) is 0. The van der Waals surface area contributed by atoms with Crippen molar-refractivity contribution in [3.05, 3.63) is 33.9 Å². The summed E-state index contributed by atoms with van der Waals surface area (Å²) in [6, 6.07) is 8.33. The zero-order valence-corrected chi connectivity index (χ0v) is 8.37. The average Bonchev–Trinajstić information content (AvgIpc) is 2.06. The van der Waals surface area contributed by atoms with Gasteiger partial charge in [-0.15, -0.1) is 0 Å². The molecule has 0 saturated heterocycles. The fourth-order valence-electron chi connectivity index (χ4n) is 1.09. The van der Waals surface area contributed by atoms with Gasteiger partial charge in [-0.25, -0.2) is 3.15 Å². The zero-order valence-electron chi connectivity index (χ0n) is 6.21. The number of hydrogen-bond acceptors (Lipinski definition) is 1. The molecular weight excluding hydrogens is 249 g/mol. The molecule has 0 aliphatic carbocycles. The standard InChI is InChI=1S/C9H8IN/c1-7-6-10-11-9-5-3-2-4-8(7)9/h2-6H,1H3. The minimum absolute atomic E-state index is 0.0515. The van der Waals surface area contributed by atoms with Gasteiger partial charge in [0, 0.05) is 26.6 Å². The molecule has 1 nitrogen and oxygen atoms in total. The van der Waals surface area contributed by atoms with E-state index in [-0.39, 0.29) is 21.0 Å². The number of allylic oxidation sites excluding steroid dienone is 1. The molecule has 0 aromatic heterocycles. The van der Waals surface area contributed by atoms with Crippen molar-refractivity contribution < 1.29 is 0 Å². The summed E-state index contributed by atoms with van der Waals surface area (Å²) in [5.41, 5.74) is 3.88. The summed E-state index contributed by atoms with van der Waals surface area (Å²) in [6.45, 7) is 2.16. The van der Waals surface area contributed by atoms with Crippen LogP contribution in [-0.4, -0.2) is 0 Å². The normalized spacial score (nSPS) is 14.8. The Hall–Kier alpha value is -0.510. The first kappa shape index (κ1) is 7.16. The lowest BCUT2D eigenvalue weighted by Crippen LogP contribution is -1.80. The van der Waals surface area contributed by atoms with Gasteiger partial charge in [-0.3, -0.25) is 0 Å². The lowest BCUT2D eigenvalue weighted by Gasteiger charge is -2.06. The van der Waals surface area contributed by atoms with Gasteiger partial charge in [-0.1, -0.05) is 18.2 Å². The van der Waals surface area contributed by atoms with E-state index in [1.807, 2.05) is 6.07 Å². The van der Waals surface area contributed by atoms with Gasteiger partial charge >= 0.3 is 0 Å². The number of fused-ring (bicyclic) bond motifs is 1. The Balaban J connectivity index is 2.67. The molecule has 1 aliphatic rings. The molecule has 2 rings (SSSR count). The van der Waals surface area contributed by atoms with Gasteiger partial charge in [0.2, 0.25) is 0 Å². The molecule has 11 heavy (non-hydrogen) atoms. The van der Waals surface area contributed by atoms with E-state index in [0.29, 0.717) is 0 Å². The van der Waals surface area contributed by atoms with E-state index < -0.39 is 0 Å². The van der Waals surface area contributed by atoms with Crippen molar-refractivity contribution in [1.82, 2.24) is 0 Å².